The highest BCUT2D eigenvalue weighted by Crippen LogP contribution is 2.18. The third-order valence-corrected chi connectivity index (χ3v) is 3.64. The van der Waals surface area contributed by atoms with Crippen LogP contribution in [0, 0.1) is 0 Å². The maximum atomic E-state index is 12.1. The highest BCUT2D eigenvalue weighted by molar-refractivity contribution is 7.09. The molecule has 0 saturated heterocycles. The van der Waals surface area contributed by atoms with E-state index in [4.69, 9.17) is 11.6 Å². The fourth-order valence-corrected chi connectivity index (χ4v) is 2.28. The van der Waals surface area contributed by atoms with Gasteiger partial charge in [-0.3, -0.25) is 9.78 Å². The van der Waals surface area contributed by atoms with Crippen LogP contribution in [0.3, 0.4) is 0 Å². The molecule has 0 fully saturated rings. The smallest absolute Gasteiger partial charge is 0.253 e. The van der Waals surface area contributed by atoms with Crippen molar-refractivity contribution in [2.45, 2.75) is 19.9 Å². The molecule has 1 amide bonds. The van der Waals surface area contributed by atoms with Crippen LogP contribution in [0.5, 0.6) is 0 Å². The highest BCUT2D eigenvalue weighted by atomic mass is 35.5. The lowest BCUT2D eigenvalue weighted by atomic mass is 10.2. The van der Waals surface area contributed by atoms with E-state index in [-0.39, 0.29) is 5.91 Å². The van der Waals surface area contributed by atoms with E-state index < -0.39 is 0 Å². The molecule has 106 valence electrons. The van der Waals surface area contributed by atoms with Gasteiger partial charge in [0.1, 0.15) is 5.82 Å². The molecule has 20 heavy (non-hydrogen) atoms. The predicted octanol–water partition coefficient (Wildman–Crippen LogP) is 2.94. The molecule has 2 aromatic heterocycles. The largest absolute Gasteiger partial charge is 0.370 e. The first-order valence-corrected chi connectivity index (χ1v) is 7.51. The zero-order valence-corrected chi connectivity index (χ0v) is 12.6. The summed E-state index contributed by atoms with van der Waals surface area (Å²) in [5.74, 6) is 0.435. The SMILES string of the molecule is CCCNc1cc(C(=O)NCc2cncs2)c(Cl)cn1. The van der Waals surface area contributed by atoms with Gasteiger partial charge >= 0.3 is 0 Å². The second kappa shape index (κ2) is 7.21. The second-order valence-electron chi connectivity index (χ2n) is 4.13. The Morgan fingerprint density at radius 1 is 1.45 bits per heavy atom. The summed E-state index contributed by atoms with van der Waals surface area (Å²) >= 11 is 7.52. The van der Waals surface area contributed by atoms with Gasteiger partial charge in [0.15, 0.2) is 0 Å². The number of amides is 1. The minimum atomic E-state index is -0.217. The number of anilines is 1. The van der Waals surface area contributed by atoms with E-state index in [9.17, 15) is 4.79 Å². The van der Waals surface area contributed by atoms with Crippen LogP contribution >= 0.6 is 22.9 Å². The normalized spacial score (nSPS) is 10.3. The lowest BCUT2D eigenvalue weighted by Crippen LogP contribution is -2.23. The van der Waals surface area contributed by atoms with Crippen molar-refractivity contribution < 1.29 is 4.79 Å². The van der Waals surface area contributed by atoms with Crippen LogP contribution in [0.25, 0.3) is 0 Å². The molecule has 0 aromatic carbocycles. The first-order valence-electron chi connectivity index (χ1n) is 6.25. The third-order valence-electron chi connectivity index (χ3n) is 2.56. The Morgan fingerprint density at radius 3 is 3.00 bits per heavy atom. The lowest BCUT2D eigenvalue weighted by molar-refractivity contribution is 0.0951. The Labute approximate surface area is 126 Å². The number of carbonyl (C=O) groups is 1. The Morgan fingerprint density at radius 2 is 2.30 bits per heavy atom. The fourth-order valence-electron chi connectivity index (χ4n) is 1.55. The monoisotopic (exact) mass is 310 g/mol. The van der Waals surface area contributed by atoms with Gasteiger partial charge in [-0.2, -0.15) is 0 Å². The zero-order chi connectivity index (χ0) is 14.4. The van der Waals surface area contributed by atoms with Gasteiger partial charge in [-0.15, -0.1) is 11.3 Å². The summed E-state index contributed by atoms with van der Waals surface area (Å²) in [6.07, 6.45) is 4.20. The van der Waals surface area contributed by atoms with Gasteiger partial charge < -0.3 is 10.6 Å². The molecule has 2 heterocycles. The number of hydrogen-bond acceptors (Lipinski definition) is 5. The molecular formula is C13H15ClN4OS. The molecule has 2 aromatic rings. The van der Waals surface area contributed by atoms with Crippen LogP contribution in [0.4, 0.5) is 5.82 Å². The number of thiazole rings is 1. The summed E-state index contributed by atoms with van der Waals surface area (Å²) < 4.78 is 0. The molecular weight excluding hydrogens is 296 g/mol. The molecule has 2 rings (SSSR count). The van der Waals surface area contributed by atoms with Gasteiger partial charge in [0.2, 0.25) is 0 Å². The molecule has 0 saturated carbocycles. The number of nitrogens with zero attached hydrogens (tertiary/aromatic N) is 2. The van der Waals surface area contributed by atoms with E-state index in [1.807, 2.05) is 0 Å². The van der Waals surface area contributed by atoms with Crippen molar-refractivity contribution in [3.63, 3.8) is 0 Å². The van der Waals surface area contributed by atoms with Gasteiger partial charge in [-0.1, -0.05) is 18.5 Å². The van der Waals surface area contributed by atoms with Crippen LogP contribution in [-0.2, 0) is 6.54 Å². The van der Waals surface area contributed by atoms with E-state index in [1.165, 1.54) is 17.5 Å². The molecule has 7 heteroatoms. The molecule has 0 radical (unpaired) electrons. The fraction of sp³-hybridized carbons (Fsp3) is 0.308. The number of pyridine rings is 1. The van der Waals surface area contributed by atoms with Crippen molar-refractivity contribution in [2.75, 3.05) is 11.9 Å². The molecule has 0 bridgehead atoms. The zero-order valence-electron chi connectivity index (χ0n) is 11.0. The Bertz CT molecular complexity index is 574. The first-order chi connectivity index (χ1) is 9.70. The number of nitrogens with one attached hydrogen (secondary N) is 2. The number of rotatable bonds is 6. The van der Waals surface area contributed by atoms with Gasteiger partial charge in [-0.25, -0.2) is 4.98 Å². The number of hydrogen-bond donors (Lipinski definition) is 2. The third kappa shape index (κ3) is 3.91. The topological polar surface area (TPSA) is 66.9 Å². The van der Waals surface area contributed by atoms with E-state index in [1.54, 1.807) is 17.8 Å². The Kier molecular flexibility index (Phi) is 5.31. The van der Waals surface area contributed by atoms with Crippen LogP contribution in [0.1, 0.15) is 28.6 Å². The minimum Gasteiger partial charge on any atom is -0.370 e. The van der Waals surface area contributed by atoms with Crippen LogP contribution in [0.2, 0.25) is 5.02 Å². The number of carbonyl (C=O) groups excluding carboxylic acids is 1. The van der Waals surface area contributed by atoms with Crippen molar-refractivity contribution in [2.24, 2.45) is 0 Å². The summed E-state index contributed by atoms with van der Waals surface area (Å²) in [5, 5.41) is 6.29. The van der Waals surface area contributed by atoms with Crippen molar-refractivity contribution in [3.8, 4) is 0 Å². The van der Waals surface area contributed by atoms with Crippen LogP contribution in [-0.4, -0.2) is 22.4 Å². The molecule has 0 atom stereocenters. The van der Waals surface area contributed by atoms with E-state index >= 15 is 0 Å². The number of halogens is 1. The first kappa shape index (κ1) is 14.7. The second-order valence-corrected chi connectivity index (χ2v) is 5.50. The van der Waals surface area contributed by atoms with Crippen molar-refractivity contribution in [3.05, 3.63) is 39.4 Å². The Hall–Kier alpha value is -1.66. The standard InChI is InChI=1S/C13H15ClN4OS/c1-2-3-16-12-4-10(11(14)7-17-12)13(19)18-6-9-5-15-8-20-9/h4-5,7-8H,2-3,6H2,1H3,(H,16,17)(H,18,19). The molecule has 5 nitrogen and oxygen atoms in total. The van der Waals surface area contributed by atoms with Crippen molar-refractivity contribution in [1.29, 1.82) is 0 Å². The quantitative estimate of drug-likeness (QED) is 0.861. The maximum Gasteiger partial charge on any atom is 0.253 e. The molecule has 0 unspecified atom stereocenters. The molecule has 0 aliphatic carbocycles. The van der Waals surface area contributed by atoms with Crippen molar-refractivity contribution >= 4 is 34.7 Å². The van der Waals surface area contributed by atoms with E-state index in [0.29, 0.717) is 22.9 Å². The van der Waals surface area contributed by atoms with Gasteiger partial charge in [0.05, 0.1) is 22.6 Å². The minimum absolute atomic E-state index is 0.217. The predicted molar refractivity (Wildman–Crippen MR) is 81.3 cm³/mol. The van der Waals surface area contributed by atoms with Crippen molar-refractivity contribution in [1.82, 2.24) is 15.3 Å². The summed E-state index contributed by atoms with van der Waals surface area (Å²) in [6, 6.07) is 1.67. The van der Waals surface area contributed by atoms with Gasteiger partial charge in [-0.05, 0) is 12.5 Å². The molecule has 0 aliphatic rings. The van der Waals surface area contributed by atoms with E-state index in [0.717, 1.165) is 17.8 Å². The average molecular weight is 311 g/mol. The lowest BCUT2D eigenvalue weighted by Gasteiger charge is -2.08. The summed E-state index contributed by atoms with van der Waals surface area (Å²) in [7, 11) is 0. The molecule has 0 spiro atoms. The molecule has 2 N–H and O–H groups in total. The molecule has 0 aliphatic heterocycles. The van der Waals surface area contributed by atoms with E-state index in [2.05, 4.69) is 27.5 Å². The Balaban J connectivity index is 2.04. The van der Waals surface area contributed by atoms with Crippen LogP contribution in [0.15, 0.2) is 24.0 Å². The summed E-state index contributed by atoms with van der Waals surface area (Å²) in [6.45, 7) is 3.31. The summed E-state index contributed by atoms with van der Waals surface area (Å²) in [4.78, 5) is 21.2. The average Bonchev–Trinajstić information content (AvgIpc) is 2.97. The number of aromatic nitrogens is 2. The van der Waals surface area contributed by atoms with Crippen LogP contribution < -0.4 is 10.6 Å². The highest BCUT2D eigenvalue weighted by Gasteiger charge is 2.12. The van der Waals surface area contributed by atoms with Gasteiger partial charge in [0.25, 0.3) is 5.91 Å². The van der Waals surface area contributed by atoms with Gasteiger partial charge in [0, 0.05) is 23.8 Å². The summed E-state index contributed by atoms with van der Waals surface area (Å²) in [5.41, 5.74) is 2.15. The maximum absolute atomic E-state index is 12.1.